The van der Waals surface area contributed by atoms with Crippen LogP contribution >= 0.6 is 0 Å². The van der Waals surface area contributed by atoms with Crippen molar-refractivity contribution in [2.24, 2.45) is 0 Å². The molecule has 2 heteroatoms. The predicted molar refractivity (Wildman–Crippen MR) is 84.8 cm³/mol. The first kappa shape index (κ1) is 14.3. The summed E-state index contributed by atoms with van der Waals surface area (Å²) < 4.78 is 0. The number of hydrogen-bond donors (Lipinski definition) is 0. The predicted octanol–water partition coefficient (Wildman–Crippen LogP) is 4.04. The fourth-order valence-corrected chi connectivity index (χ4v) is 2.39. The fraction of sp³-hybridized carbons (Fsp3) is 0.278. The number of amides is 1. The van der Waals surface area contributed by atoms with Crippen molar-refractivity contribution in [3.05, 3.63) is 66.3 Å². The van der Waals surface area contributed by atoms with Crippen LogP contribution in [-0.2, 0) is 11.2 Å². The molecule has 2 rings (SSSR count). The monoisotopic (exact) mass is 267 g/mol. The van der Waals surface area contributed by atoms with E-state index in [2.05, 4.69) is 25.6 Å². The Morgan fingerprint density at radius 3 is 2.65 bits per heavy atom. The van der Waals surface area contributed by atoms with E-state index < -0.39 is 0 Å². The molecule has 1 aliphatic rings. The Balaban J connectivity index is 2.09. The highest BCUT2D eigenvalue weighted by atomic mass is 16.2. The molecule has 0 aliphatic carbocycles. The molecule has 1 amide bonds. The van der Waals surface area contributed by atoms with Gasteiger partial charge in [-0.3, -0.25) is 4.79 Å². The van der Waals surface area contributed by atoms with Crippen molar-refractivity contribution in [3.63, 3.8) is 0 Å². The van der Waals surface area contributed by atoms with Gasteiger partial charge >= 0.3 is 0 Å². The van der Waals surface area contributed by atoms with Gasteiger partial charge in [0.1, 0.15) is 0 Å². The Bertz CT molecular complexity index is 537. The Morgan fingerprint density at radius 1 is 1.25 bits per heavy atom. The van der Waals surface area contributed by atoms with Crippen molar-refractivity contribution < 1.29 is 4.79 Å². The van der Waals surface area contributed by atoms with Crippen LogP contribution in [0.4, 0.5) is 5.69 Å². The molecule has 104 valence electrons. The first-order valence-electron chi connectivity index (χ1n) is 7.11. The molecule has 1 aromatic rings. The second kappa shape index (κ2) is 6.90. The van der Waals surface area contributed by atoms with E-state index in [1.807, 2.05) is 35.3 Å². The zero-order valence-electron chi connectivity index (χ0n) is 12.0. The van der Waals surface area contributed by atoms with Gasteiger partial charge < -0.3 is 4.90 Å². The molecule has 1 aromatic carbocycles. The number of hydrogen-bond acceptors (Lipinski definition) is 1. The maximum Gasteiger partial charge on any atom is 0.231 e. The third-order valence-electron chi connectivity index (χ3n) is 3.41. The minimum absolute atomic E-state index is 0.173. The lowest BCUT2D eigenvalue weighted by molar-refractivity contribution is -0.116. The smallest absolute Gasteiger partial charge is 0.231 e. The second-order valence-electron chi connectivity index (χ2n) is 5.02. The van der Waals surface area contributed by atoms with Gasteiger partial charge in [-0.05, 0) is 29.7 Å². The Hall–Kier alpha value is -2.09. The minimum atomic E-state index is 0.173. The van der Waals surface area contributed by atoms with Crippen LogP contribution in [0, 0.1) is 0 Å². The van der Waals surface area contributed by atoms with E-state index in [1.165, 1.54) is 5.56 Å². The highest BCUT2D eigenvalue weighted by Gasteiger charge is 2.25. The average Bonchev–Trinajstić information content (AvgIpc) is 2.82. The molecule has 0 bridgehead atoms. The summed E-state index contributed by atoms with van der Waals surface area (Å²) in [6.07, 6.45) is 10.3. The molecule has 0 unspecified atom stereocenters. The molecule has 0 N–H and O–H groups in total. The summed E-state index contributed by atoms with van der Waals surface area (Å²) in [5.74, 6) is 0.173. The van der Waals surface area contributed by atoms with Gasteiger partial charge in [0, 0.05) is 12.2 Å². The lowest BCUT2D eigenvalue weighted by atomic mass is 10.1. The molecule has 1 saturated heterocycles. The molecule has 0 spiro atoms. The largest absolute Gasteiger partial charge is 0.308 e. The average molecular weight is 267 g/mol. The summed E-state index contributed by atoms with van der Waals surface area (Å²) in [5, 5.41) is 0. The molecule has 0 saturated carbocycles. The molecule has 0 atom stereocenters. The first-order valence-corrected chi connectivity index (χ1v) is 7.11. The van der Waals surface area contributed by atoms with Crippen LogP contribution in [0.5, 0.6) is 0 Å². The van der Waals surface area contributed by atoms with Gasteiger partial charge in [0.15, 0.2) is 0 Å². The van der Waals surface area contributed by atoms with Crippen molar-refractivity contribution in [1.82, 2.24) is 0 Å². The number of nitrogens with zero attached hydrogens (tertiary/aromatic N) is 1. The van der Waals surface area contributed by atoms with Gasteiger partial charge in [-0.2, -0.15) is 0 Å². The van der Waals surface area contributed by atoms with Gasteiger partial charge in [-0.1, -0.05) is 56.4 Å². The molecular weight excluding hydrogens is 246 g/mol. The van der Waals surface area contributed by atoms with Crippen molar-refractivity contribution in [2.45, 2.75) is 26.2 Å². The number of allylic oxidation sites excluding steroid dienone is 4. The summed E-state index contributed by atoms with van der Waals surface area (Å²) in [6.45, 7) is 6.49. The molecule has 1 heterocycles. The fourth-order valence-electron chi connectivity index (χ4n) is 2.39. The summed E-state index contributed by atoms with van der Waals surface area (Å²) >= 11 is 0. The number of carbonyl (C=O) groups excluding carboxylic acids is 1. The molecule has 1 aliphatic heterocycles. The molecule has 0 aromatic heterocycles. The summed E-state index contributed by atoms with van der Waals surface area (Å²) in [6, 6.07) is 8.33. The van der Waals surface area contributed by atoms with Crippen LogP contribution in [0.15, 0.2) is 60.7 Å². The lowest BCUT2D eigenvalue weighted by Gasteiger charge is -2.15. The van der Waals surface area contributed by atoms with Crippen LogP contribution < -0.4 is 4.90 Å². The maximum atomic E-state index is 12.1. The number of anilines is 1. The standard InChI is InChI=1S/C18H21NO/c1-3-5-6-8-16-13-18(20)19(14-16)17-11-9-15(7-4-2)10-12-17/h3,5-6,8-12H,1,4,7,13-14H2,2H3/b6-5-,16-8+. The molecule has 1 fully saturated rings. The summed E-state index contributed by atoms with van der Waals surface area (Å²) in [7, 11) is 0. The second-order valence-corrected chi connectivity index (χ2v) is 5.02. The Kier molecular flexibility index (Phi) is 4.94. The van der Waals surface area contributed by atoms with Gasteiger partial charge in [0.05, 0.1) is 6.42 Å². The van der Waals surface area contributed by atoms with Crippen LogP contribution in [0.2, 0.25) is 0 Å². The van der Waals surface area contributed by atoms with E-state index in [0.717, 1.165) is 24.1 Å². The van der Waals surface area contributed by atoms with E-state index >= 15 is 0 Å². The molecule has 20 heavy (non-hydrogen) atoms. The number of carbonyl (C=O) groups is 1. The third kappa shape index (κ3) is 3.47. The van der Waals surface area contributed by atoms with Gasteiger partial charge in [0.25, 0.3) is 0 Å². The zero-order chi connectivity index (χ0) is 14.4. The van der Waals surface area contributed by atoms with E-state index in [1.54, 1.807) is 6.08 Å². The lowest BCUT2D eigenvalue weighted by Crippen LogP contribution is -2.23. The van der Waals surface area contributed by atoms with Crippen molar-refractivity contribution >= 4 is 11.6 Å². The first-order chi connectivity index (χ1) is 9.74. The quantitative estimate of drug-likeness (QED) is 0.737. The zero-order valence-corrected chi connectivity index (χ0v) is 12.0. The number of aryl methyl sites for hydroxylation is 1. The summed E-state index contributed by atoms with van der Waals surface area (Å²) in [4.78, 5) is 13.9. The highest BCUT2D eigenvalue weighted by Crippen LogP contribution is 2.25. The minimum Gasteiger partial charge on any atom is -0.308 e. The third-order valence-corrected chi connectivity index (χ3v) is 3.41. The number of benzene rings is 1. The SMILES string of the molecule is C=C/C=C\C=C1/CC(=O)N(c2ccc(CCC)cc2)C1. The van der Waals surface area contributed by atoms with Gasteiger partial charge in [-0.15, -0.1) is 0 Å². The van der Waals surface area contributed by atoms with E-state index in [4.69, 9.17) is 0 Å². The van der Waals surface area contributed by atoms with Crippen molar-refractivity contribution in [3.8, 4) is 0 Å². The maximum absolute atomic E-state index is 12.1. The van der Waals surface area contributed by atoms with E-state index in [-0.39, 0.29) is 5.91 Å². The van der Waals surface area contributed by atoms with E-state index in [0.29, 0.717) is 13.0 Å². The van der Waals surface area contributed by atoms with Gasteiger partial charge in [0.2, 0.25) is 5.91 Å². The normalized spacial score (nSPS) is 17.4. The summed E-state index contributed by atoms with van der Waals surface area (Å²) in [5.41, 5.74) is 3.46. The van der Waals surface area contributed by atoms with Crippen LogP contribution in [0.25, 0.3) is 0 Å². The Morgan fingerprint density at radius 2 is 2.00 bits per heavy atom. The number of rotatable bonds is 5. The van der Waals surface area contributed by atoms with Crippen LogP contribution in [-0.4, -0.2) is 12.5 Å². The highest BCUT2D eigenvalue weighted by molar-refractivity contribution is 5.98. The van der Waals surface area contributed by atoms with Crippen molar-refractivity contribution in [2.75, 3.05) is 11.4 Å². The topological polar surface area (TPSA) is 20.3 Å². The Labute approximate surface area is 121 Å². The van der Waals surface area contributed by atoms with E-state index in [9.17, 15) is 4.79 Å². The molecular formula is C18H21NO. The van der Waals surface area contributed by atoms with Crippen LogP contribution in [0.3, 0.4) is 0 Å². The van der Waals surface area contributed by atoms with Crippen LogP contribution in [0.1, 0.15) is 25.3 Å². The molecule has 2 nitrogen and oxygen atoms in total. The van der Waals surface area contributed by atoms with Crippen molar-refractivity contribution in [1.29, 1.82) is 0 Å². The van der Waals surface area contributed by atoms with Gasteiger partial charge in [-0.25, -0.2) is 0 Å². The molecule has 0 radical (unpaired) electrons.